The number of allylic oxidation sites excluding steroid dienone is 3. The summed E-state index contributed by atoms with van der Waals surface area (Å²) in [4.78, 5) is 27.0. The molecule has 0 bridgehead atoms. The lowest BCUT2D eigenvalue weighted by atomic mass is 10.0. The van der Waals surface area contributed by atoms with E-state index in [1.807, 2.05) is 11.8 Å². The molecule has 0 radical (unpaired) electrons. The quantitative estimate of drug-likeness (QED) is 0.483. The van der Waals surface area contributed by atoms with Crippen molar-refractivity contribution in [2.24, 2.45) is 11.8 Å². The van der Waals surface area contributed by atoms with Crippen molar-refractivity contribution >= 4 is 23.2 Å². The first-order valence-electron chi connectivity index (χ1n) is 11.6. The van der Waals surface area contributed by atoms with Crippen LogP contribution >= 0.6 is 11.3 Å². The highest BCUT2D eigenvalue weighted by molar-refractivity contribution is 7.12. The smallest absolute Gasteiger partial charge is 0.426 e. The predicted molar refractivity (Wildman–Crippen MR) is 130 cm³/mol. The van der Waals surface area contributed by atoms with E-state index in [2.05, 4.69) is 0 Å². The molecule has 1 amide bonds. The van der Waals surface area contributed by atoms with Crippen molar-refractivity contribution in [1.29, 1.82) is 0 Å². The van der Waals surface area contributed by atoms with Crippen LogP contribution in [-0.4, -0.2) is 53.0 Å². The fourth-order valence-electron chi connectivity index (χ4n) is 4.40. The number of nitrogens with zero attached hydrogens (tertiary/aromatic N) is 2. The molecule has 0 saturated carbocycles. The van der Waals surface area contributed by atoms with Crippen LogP contribution in [-0.2, 0) is 27.1 Å². The number of benzene rings is 1. The van der Waals surface area contributed by atoms with E-state index < -0.39 is 22.9 Å². The Morgan fingerprint density at radius 1 is 1.22 bits per heavy atom. The molecule has 1 unspecified atom stereocenters. The monoisotopic (exact) mass is 520 g/mol. The number of carboxylic acids is 1. The number of halogens is 3. The van der Waals surface area contributed by atoms with Crippen molar-refractivity contribution in [2.45, 2.75) is 26.1 Å². The van der Waals surface area contributed by atoms with Gasteiger partial charge in [0.25, 0.3) is 0 Å². The van der Waals surface area contributed by atoms with E-state index >= 15 is 0 Å². The molecule has 10 heteroatoms. The number of alkyl halides is 3. The van der Waals surface area contributed by atoms with Crippen molar-refractivity contribution in [1.82, 2.24) is 9.80 Å². The third-order valence-electron chi connectivity index (χ3n) is 6.36. The number of carbonyl (C=O) groups excluding carboxylic acids is 1. The fraction of sp³-hybridized carbons (Fsp3) is 0.385. The van der Waals surface area contributed by atoms with Crippen LogP contribution in [0.5, 0.6) is 0 Å². The molecule has 1 aromatic carbocycles. The van der Waals surface area contributed by atoms with Crippen molar-refractivity contribution in [3.63, 3.8) is 0 Å². The van der Waals surface area contributed by atoms with Gasteiger partial charge in [-0.2, -0.15) is 13.2 Å². The Morgan fingerprint density at radius 3 is 2.61 bits per heavy atom. The highest BCUT2D eigenvalue weighted by Gasteiger charge is 2.37. The molecule has 2 aliphatic rings. The number of carbonyl (C=O) groups is 2. The molecule has 2 aliphatic heterocycles. The molecular weight excluding hydrogens is 493 g/mol. The van der Waals surface area contributed by atoms with Crippen molar-refractivity contribution in [2.75, 3.05) is 26.2 Å². The maximum atomic E-state index is 13.5. The van der Waals surface area contributed by atoms with Gasteiger partial charge in [-0.15, -0.1) is 11.3 Å². The normalized spacial score (nSPS) is 20.3. The van der Waals surface area contributed by atoms with Gasteiger partial charge in [-0.25, -0.2) is 0 Å². The van der Waals surface area contributed by atoms with Crippen LogP contribution < -0.4 is 0 Å². The number of aliphatic carboxylic acids is 1. The summed E-state index contributed by atoms with van der Waals surface area (Å²) in [6.45, 7) is 3.54. The van der Waals surface area contributed by atoms with Crippen molar-refractivity contribution in [3.05, 3.63) is 70.3 Å². The SMILES string of the molecule is CC1CCN(C(=O)CN2CC(C(=O)O)C2)/C1=C/C=C/OCc1cc(-c2ccccc2)c(C(F)(F)F)s1. The number of thiophene rings is 1. The highest BCUT2D eigenvalue weighted by Crippen LogP contribution is 2.43. The van der Waals surface area contributed by atoms with Gasteiger partial charge in [0.05, 0.1) is 18.7 Å². The third-order valence-corrected chi connectivity index (χ3v) is 7.51. The maximum Gasteiger partial charge on any atom is 0.426 e. The number of rotatable bonds is 8. The van der Waals surface area contributed by atoms with Gasteiger partial charge in [0.1, 0.15) is 11.5 Å². The second-order valence-corrected chi connectivity index (χ2v) is 10.2. The number of likely N-dealkylation sites (tertiary alicyclic amines) is 2. The minimum Gasteiger partial charge on any atom is -0.496 e. The standard InChI is InChI=1S/C26H27F3N2O4S/c1-17-9-10-31(23(32)15-30-13-19(14-30)25(33)34)22(17)8-5-11-35-16-20-12-21(18-6-3-2-4-7-18)24(36-20)26(27,28)29/h2-8,11-12,17,19H,9-10,13-16H2,1H3,(H,33,34)/b11-5+,22-8+. The Morgan fingerprint density at radius 2 is 1.94 bits per heavy atom. The predicted octanol–water partition coefficient (Wildman–Crippen LogP) is 5.23. The Kier molecular flexibility index (Phi) is 7.85. The number of ether oxygens (including phenoxy) is 1. The first kappa shape index (κ1) is 26.0. The van der Waals surface area contributed by atoms with E-state index in [1.54, 1.807) is 47.4 Å². The molecule has 0 aliphatic carbocycles. The van der Waals surface area contributed by atoms with Crippen molar-refractivity contribution in [3.8, 4) is 11.1 Å². The molecule has 2 aromatic rings. The van der Waals surface area contributed by atoms with Gasteiger partial charge >= 0.3 is 12.1 Å². The van der Waals surface area contributed by atoms with Gasteiger partial charge < -0.3 is 14.7 Å². The van der Waals surface area contributed by atoms with Crippen LogP contribution in [0.3, 0.4) is 0 Å². The first-order chi connectivity index (χ1) is 17.1. The average Bonchev–Trinajstić information content (AvgIpc) is 3.40. The summed E-state index contributed by atoms with van der Waals surface area (Å²) in [6, 6.07) is 9.97. The summed E-state index contributed by atoms with van der Waals surface area (Å²) in [5.41, 5.74) is 1.49. The van der Waals surface area contributed by atoms with Crippen LogP contribution in [0.15, 0.2) is 60.5 Å². The van der Waals surface area contributed by atoms with Crippen LogP contribution in [0.25, 0.3) is 11.1 Å². The van der Waals surface area contributed by atoms with Gasteiger partial charge in [0, 0.05) is 35.8 Å². The average molecular weight is 521 g/mol. The van der Waals surface area contributed by atoms with Crippen LogP contribution in [0, 0.1) is 11.8 Å². The summed E-state index contributed by atoms with van der Waals surface area (Å²) in [5.74, 6) is -1.16. The highest BCUT2D eigenvalue weighted by atomic mass is 32.1. The summed E-state index contributed by atoms with van der Waals surface area (Å²) < 4.78 is 46.1. The molecule has 1 atom stereocenters. The zero-order chi connectivity index (χ0) is 25.9. The zero-order valence-corrected chi connectivity index (χ0v) is 20.5. The molecule has 2 fully saturated rings. The number of amides is 1. The minimum absolute atomic E-state index is 0.00183. The molecular formula is C26H27F3N2O4S. The summed E-state index contributed by atoms with van der Waals surface area (Å²) in [7, 11) is 0. The van der Waals surface area contributed by atoms with Crippen LogP contribution in [0.4, 0.5) is 13.2 Å². The lowest BCUT2D eigenvalue weighted by Gasteiger charge is -2.37. The maximum absolute atomic E-state index is 13.5. The van der Waals surface area contributed by atoms with E-state index in [4.69, 9.17) is 9.84 Å². The molecule has 36 heavy (non-hydrogen) atoms. The van der Waals surface area contributed by atoms with E-state index in [-0.39, 0.29) is 30.5 Å². The Labute approximate surface area is 211 Å². The molecule has 192 valence electrons. The van der Waals surface area contributed by atoms with Gasteiger partial charge in [0.2, 0.25) is 5.91 Å². The Hall–Kier alpha value is -3.11. The zero-order valence-electron chi connectivity index (χ0n) is 19.7. The molecule has 3 heterocycles. The van der Waals surface area contributed by atoms with E-state index in [0.717, 1.165) is 12.1 Å². The third kappa shape index (κ3) is 5.99. The first-order valence-corrected chi connectivity index (χ1v) is 12.4. The van der Waals surface area contributed by atoms with Gasteiger partial charge in [-0.1, -0.05) is 37.3 Å². The molecule has 2 saturated heterocycles. The van der Waals surface area contributed by atoms with Crippen LogP contribution in [0.1, 0.15) is 23.1 Å². The second kappa shape index (κ2) is 10.9. The topological polar surface area (TPSA) is 70.1 Å². The molecule has 4 rings (SSSR count). The Bertz CT molecular complexity index is 1150. The number of hydrogen-bond donors (Lipinski definition) is 1. The molecule has 0 spiro atoms. The molecule has 1 aromatic heterocycles. The van der Waals surface area contributed by atoms with Crippen molar-refractivity contribution < 1.29 is 32.6 Å². The molecule has 6 nitrogen and oxygen atoms in total. The Balaban J connectivity index is 1.35. The summed E-state index contributed by atoms with van der Waals surface area (Å²) in [6.07, 6.45) is 1.23. The summed E-state index contributed by atoms with van der Waals surface area (Å²) in [5, 5.41) is 8.99. The number of carboxylic acid groups (broad SMARTS) is 1. The van der Waals surface area contributed by atoms with E-state index in [1.165, 1.54) is 12.3 Å². The second-order valence-electron chi connectivity index (χ2n) is 9.01. The fourth-order valence-corrected chi connectivity index (χ4v) is 5.37. The lowest BCUT2D eigenvalue weighted by Crippen LogP contribution is -2.53. The largest absolute Gasteiger partial charge is 0.496 e. The molecule has 1 N–H and O–H groups in total. The van der Waals surface area contributed by atoms with E-state index in [0.29, 0.717) is 41.4 Å². The van der Waals surface area contributed by atoms with Crippen LogP contribution in [0.2, 0.25) is 0 Å². The minimum atomic E-state index is -4.45. The van der Waals surface area contributed by atoms with Gasteiger partial charge in [0.15, 0.2) is 0 Å². The van der Waals surface area contributed by atoms with E-state index in [9.17, 15) is 22.8 Å². The summed E-state index contributed by atoms with van der Waals surface area (Å²) >= 11 is 0.671. The lowest BCUT2D eigenvalue weighted by molar-refractivity contribution is -0.149. The number of hydrogen-bond acceptors (Lipinski definition) is 5. The van der Waals surface area contributed by atoms with Gasteiger partial charge in [-0.3, -0.25) is 14.5 Å². The van der Waals surface area contributed by atoms with Gasteiger partial charge in [-0.05, 0) is 36.1 Å².